The maximum Gasteiger partial charge on any atom is 0.410 e. The molecule has 0 spiro atoms. The maximum absolute atomic E-state index is 14.9. The zero-order valence-electron chi connectivity index (χ0n) is 25.0. The van der Waals surface area contributed by atoms with Crippen molar-refractivity contribution in [3.8, 4) is 17.7 Å². The van der Waals surface area contributed by atoms with Gasteiger partial charge in [-0.2, -0.15) is 15.5 Å². The van der Waals surface area contributed by atoms with Gasteiger partial charge in [0.25, 0.3) is 0 Å². The molecule has 4 aromatic heterocycles. The zero-order valence-corrected chi connectivity index (χ0v) is 25.0. The van der Waals surface area contributed by atoms with Crippen LogP contribution in [0.2, 0.25) is 0 Å². The van der Waals surface area contributed by atoms with Gasteiger partial charge in [-0.15, -0.1) is 5.10 Å². The van der Waals surface area contributed by atoms with Crippen molar-refractivity contribution >= 4 is 28.6 Å². The summed E-state index contributed by atoms with van der Waals surface area (Å²) in [7, 11) is 0. The number of imidazole rings is 1. The lowest BCUT2D eigenvalue weighted by Crippen LogP contribution is -2.37. The van der Waals surface area contributed by atoms with E-state index in [2.05, 4.69) is 31.7 Å². The van der Waals surface area contributed by atoms with Gasteiger partial charge in [0.15, 0.2) is 17.3 Å². The van der Waals surface area contributed by atoms with Crippen molar-refractivity contribution in [1.29, 1.82) is 5.26 Å². The molecule has 1 fully saturated rings. The topological polar surface area (TPSA) is 140 Å². The molecule has 0 unspecified atom stereocenters. The highest BCUT2D eigenvalue weighted by atomic mass is 19.1. The number of nitriles is 1. The van der Waals surface area contributed by atoms with Crippen LogP contribution in [0, 0.1) is 25.2 Å². The number of hydrogen-bond acceptors (Lipinski definition) is 9. The first-order valence-electron chi connectivity index (χ1n) is 14.2. The fourth-order valence-electron chi connectivity index (χ4n) is 5.24. The minimum Gasteiger partial charge on any atom is -0.444 e. The van der Waals surface area contributed by atoms with Gasteiger partial charge in [-0.1, -0.05) is 0 Å². The van der Waals surface area contributed by atoms with Crippen LogP contribution in [0.4, 0.5) is 20.7 Å². The first-order valence-corrected chi connectivity index (χ1v) is 14.2. The molecule has 1 aliphatic rings. The van der Waals surface area contributed by atoms with Gasteiger partial charge in [0.1, 0.15) is 30.0 Å². The van der Waals surface area contributed by atoms with Crippen LogP contribution < -0.4 is 5.32 Å². The summed E-state index contributed by atoms with van der Waals surface area (Å²) < 4.78 is 23.9. The Morgan fingerprint density at radius 2 is 1.93 bits per heavy atom. The van der Waals surface area contributed by atoms with Crippen LogP contribution in [0.5, 0.6) is 0 Å². The second-order valence-corrected chi connectivity index (χ2v) is 11.8. The molecular weight excluding hydrogens is 563 g/mol. The van der Waals surface area contributed by atoms with Crippen LogP contribution >= 0.6 is 0 Å². The maximum atomic E-state index is 14.9. The quantitative estimate of drug-likeness (QED) is 0.273. The predicted molar refractivity (Wildman–Crippen MR) is 161 cm³/mol. The minimum atomic E-state index is -1.24. The van der Waals surface area contributed by atoms with Gasteiger partial charge in [-0.05, 0) is 83.1 Å². The lowest BCUT2D eigenvalue weighted by Gasteiger charge is -2.29. The second kappa shape index (κ2) is 11.0. The molecule has 224 valence electrons. The van der Waals surface area contributed by atoms with Crippen LogP contribution in [0.15, 0.2) is 54.9 Å². The molecule has 2 atom stereocenters. The molecule has 13 heteroatoms. The van der Waals surface area contributed by atoms with Crippen molar-refractivity contribution in [2.75, 3.05) is 11.9 Å². The zero-order chi connectivity index (χ0) is 31.2. The molecule has 0 aliphatic carbocycles. The Labute approximate surface area is 253 Å². The van der Waals surface area contributed by atoms with Gasteiger partial charge >= 0.3 is 6.09 Å². The first kappa shape index (κ1) is 28.7. The summed E-state index contributed by atoms with van der Waals surface area (Å²) in [6.45, 7) is 8.90. The highest BCUT2D eigenvalue weighted by Crippen LogP contribution is 2.38. The number of anilines is 2. The van der Waals surface area contributed by atoms with E-state index in [-0.39, 0.29) is 18.7 Å². The van der Waals surface area contributed by atoms with E-state index in [1.54, 1.807) is 43.9 Å². The predicted octanol–water partition coefficient (Wildman–Crippen LogP) is 5.65. The van der Waals surface area contributed by atoms with Crippen LogP contribution in [-0.4, -0.2) is 63.8 Å². The van der Waals surface area contributed by atoms with Crippen molar-refractivity contribution in [1.82, 2.24) is 39.4 Å². The minimum absolute atomic E-state index is 0.0772. The molecule has 1 aromatic carbocycles. The standard InChI is InChI=1S/C31H31FN10O2/c1-18-6-10-27(38-37-18)35-21-7-9-25-24(14-21)34-17-41(25)28-11-8-23(29(36-28)42-19(2)12-22(15-33)39-42)26-13-20(32)16-40(26)30(43)44-31(3,4)5/h6-12,14,17,20,26H,13,16H2,1-5H3,(H,35,38)/t20-,26+/m1/s1. The monoisotopic (exact) mass is 594 g/mol. The molecular formula is C31H31FN10O2. The molecule has 0 bridgehead atoms. The van der Waals surface area contributed by atoms with Crippen LogP contribution in [0.3, 0.4) is 0 Å². The number of halogens is 1. The number of fused-ring (bicyclic) bond motifs is 1. The second-order valence-electron chi connectivity index (χ2n) is 11.8. The Bertz CT molecular complexity index is 1900. The smallest absolute Gasteiger partial charge is 0.410 e. The Morgan fingerprint density at radius 3 is 2.64 bits per heavy atom. The van der Waals surface area contributed by atoms with Crippen LogP contribution in [0.25, 0.3) is 22.7 Å². The van der Waals surface area contributed by atoms with Crippen molar-refractivity contribution in [3.05, 3.63) is 77.5 Å². The van der Waals surface area contributed by atoms with Crippen LogP contribution in [0.1, 0.15) is 55.9 Å². The molecule has 5 heterocycles. The summed E-state index contributed by atoms with van der Waals surface area (Å²) in [6.07, 6.45) is -0.0924. The number of carbonyl (C=O) groups excluding carboxylic acids is 1. The summed E-state index contributed by atoms with van der Waals surface area (Å²) in [5.41, 5.74) is 3.86. The molecule has 6 rings (SSSR count). The van der Waals surface area contributed by atoms with Crippen molar-refractivity contribution < 1.29 is 13.9 Å². The Hall–Kier alpha value is -5.38. The van der Waals surface area contributed by atoms with E-state index in [9.17, 15) is 14.4 Å². The van der Waals surface area contributed by atoms with Gasteiger partial charge in [0.05, 0.1) is 29.3 Å². The Balaban J connectivity index is 1.41. The summed E-state index contributed by atoms with van der Waals surface area (Å²) in [5.74, 6) is 1.53. The summed E-state index contributed by atoms with van der Waals surface area (Å²) in [5, 5.41) is 25.4. The average Bonchev–Trinajstić information content (AvgIpc) is 3.69. The lowest BCUT2D eigenvalue weighted by atomic mass is 10.0. The van der Waals surface area contributed by atoms with Crippen molar-refractivity contribution in [2.45, 2.75) is 58.9 Å². The Kier molecular flexibility index (Phi) is 7.20. The number of likely N-dealkylation sites (tertiary alicyclic amines) is 1. The van der Waals surface area contributed by atoms with Gasteiger partial charge in [0, 0.05) is 23.4 Å². The van der Waals surface area contributed by atoms with Crippen molar-refractivity contribution in [2.24, 2.45) is 0 Å². The number of nitrogens with one attached hydrogen (secondary N) is 1. The van der Waals surface area contributed by atoms with Gasteiger partial charge in [-0.3, -0.25) is 9.47 Å². The molecule has 44 heavy (non-hydrogen) atoms. The largest absolute Gasteiger partial charge is 0.444 e. The number of rotatable bonds is 5. The number of ether oxygens (including phenoxy) is 1. The number of aryl methyl sites for hydroxylation is 2. The average molecular weight is 595 g/mol. The van der Waals surface area contributed by atoms with E-state index in [4.69, 9.17) is 9.72 Å². The normalized spacial score (nSPS) is 16.7. The van der Waals surface area contributed by atoms with E-state index in [1.165, 1.54) is 4.90 Å². The summed E-state index contributed by atoms with van der Waals surface area (Å²) in [6, 6.07) is 16.2. The number of hydrogen-bond donors (Lipinski definition) is 1. The Morgan fingerprint density at radius 1 is 1.11 bits per heavy atom. The number of pyridine rings is 1. The number of amides is 1. The molecule has 12 nitrogen and oxygen atoms in total. The highest BCUT2D eigenvalue weighted by Gasteiger charge is 2.40. The number of benzene rings is 1. The SMILES string of the molecule is Cc1ccc(Nc2ccc3c(c2)ncn3-c2ccc([C@@H]3C[C@@H](F)CN3C(=O)OC(C)(C)C)c(-n3nc(C#N)cc3C)n2)nn1. The molecule has 5 aromatic rings. The number of carbonyl (C=O) groups is 1. The third-order valence-electron chi connectivity index (χ3n) is 7.19. The van der Waals surface area contributed by atoms with Crippen LogP contribution in [-0.2, 0) is 4.74 Å². The van der Waals surface area contributed by atoms with E-state index >= 15 is 0 Å². The van der Waals surface area contributed by atoms with Gasteiger partial charge < -0.3 is 10.1 Å². The van der Waals surface area contributed by atoms with Gasteiger partial charge in [0.2, 0.25) is 0 Å². The highest BCUT2D eigenvalue weighted by molar-refractivity contribution is 5.82. The van der Waals surface area contributed by atoms with Crippen molar-refractivity contribution in [3.63, 3.8) is 0 Å². The summed E-state index contributed by atoms with van der Waals surface area (Å²) >= 11 is 0. The fourth-order valence-corrected chi connectivity index (χ4v) is 5.24. The van der Waals surface area contributed by atoms with Gasteiger partial charge in [-0.25, -0.2) is 23.8 Å². The molecule has 0 saturated carbocycles. The van der Waals surface area contributed by atoms with E-state index < -0.39 is 23.9 Å². The third-order valence-corrected chi connectivity index (χ3v) is 7.19. The summed E-state index contributed by atoms with van der Waals surface area (Å²) in [4.78, 5) is 24.1. The molecule has 1 saturated heterocycles. The fraction of sp³-hybridized carbons (Fsp3) is 0.323. The molecule has 1 amide bonds. The lowest BCUT2D eigenvalue weighted by molar-refractivity contribution is 0.0216. The third kappa shape index (κ3) is 5.66. The number of aromatic nitrogens is 7. The molecule has 0 radical (unpaired) electrons. The number of alkyl halides is 1. The molecule has 1 aliphatic heterocycles. The van der Waals surface area contributed by atoms with E-state index in [1.807, 2.05) is 54.8 Å². The van der Waals surface area contributed by atoms with E-state index in [0.29, 0.717) is 28.7 Å². The molecule has 1 N–H and O–H groups in total. The number of nitrogens with zero attached hydrogens (tertiary/aromatic N) is 9. The first-order chi connectivity index (χ1) is 21.0. The van der Waals surface area contributed by atoms with E-state index in [0.717, 1.165) is 22.4 Å².